The number of rotatable bonds is 15. The molecule has 0 radical (unpaired) electrons. The SMILES string of the molecule is O=C(O)c1cc(C2(O)O[C@H](COCc3ccccc3)[C@@H](OCc3ccccc3)[C@H](OCc3ccccc3)[C@H]2OCc2ccccc2)ccc1Cl. The molecule has 0 amide bonds. The first-order valence-electron chi connectivity index (χ1n) is 16.4. The molecule has 1 saturated heterocycles. The molecular formula is C41H39ClO8. The second-order valence-electron chi connectivity index (χ2n) is 12.1. The quantitative estimate of drug-likeness (QED) is 0.116. The third-order valence-corrected chi connectivity index (χ3v) is 8.88. The van der Waals surface area contributed by atoms with Gasteiger partial charge in [-0.1, -0.05) is 139 Å². The van der Waals surface area contributed by atoms with E-state index in [2.05, 4.69) is 0 Å². The van der Waals surface area contributed by atoms with Crippen LogP contribution in [-0.2, 0) is 55.9 Å². The van der Waals surface area contributed by atoms with E-state index < -0.39 is 36.2 Å². The van der Waals surface area contributed by atoms with Crippen molar-refractivity contribution >= 4 is 17.6 Å². The molecule has 1 fully saturated rings. The average molecular weight is 695 g/mol. The fourth-order valence-corrected chi connectivity index (χ4v) is 6.20. The van der Waals surface area contributed by atoms with E-state index in [4.69, 9.17) is 35.3 Å². The maximum atomic E-state index is 12.8. The van der Waals surface area contributed by atoms with Crippen molar-refractivity contribution in [2.24, 2.45) is 0 Å². The summed E-state index contributed by atoms with van der Waals surface area (Å²) in [5.74, 6) is -3.46. The molecule has 0 aliphatic carbocycles. The molecule has 0 bridgehead atoms. The molecule has 1 aliphatic rings. The van der Waals surface area contributed by atoms with Crippen LogP contribution in [-0.4, -0.2) is 47.2 Å². The summed E-state index contributed by atoms with van der Waals surface area (Å²) in [5, 5.41) is 22.7. The lowest BCUT2D eigenvalue weighted by molar-refractivity contribution is -0.378. The molecule has 2 N–H and O–H groups in total. The van der Waals surface area contributed by atoms with E-state index in [9.17, 15) is 15.0 Å². The van der Waals surface area contributed by atoms with E-state index >= 15 is 0 Å². The van der Waals surface area contributed by atoms with Crippen LogP contribution in [0.1, 0.15) is 38.2 Å². The van der Waals surface area contributed by atoms with Crippen molar-refractivity contribution < 1.29 is 38.7 Å². The number of benzene rings is 5. The molecule has 8 nitrogen and oxygen atoms in total. The smallest absolute Gasteiger partial charge is 0.337 e. The van der Waals surface area contributed by atoms with Gasteiger partial charge in [-0.15, -0.1) is 0 Å². The fraction of sp³-hybridized carbons (Fsp3) is 0.244. The third kappa shape index (κ3) is 8.85. The molecule has 5 aromatic carbocycles. The minimum absolute atomic E-state index is 0.0195. The van der Waals surface area contributed by atoms with E-state index in [1.165, 1.54) is 18.2 Å². The first-order chi connectivity index (χ1) is 24.4. The highest BCUT2D eigenvalue weighted by Gasteiger charge is 2.57. The van der Waals surface area contributed by atoms with Crippen molar-refractivity contribution in [3.05, 3.63) is 178 Å². The predicted octanol–water partition coefficient (Wildman–Crippen LogP) is 7.56. The van der Waals surface area contributed by atoms with Crippen molar-refractivity contribution in [2.45, 2.75) is 56.6 Å². The monoisotopic (exact) mass is 694 g/mol. The number of hydrogen-bond acceptors (Lipinski definition) is 7. The molecular weight excluding hydrogens is 656 g/mol. The standard InChI is InChI=1S/C41H39ClO8/c42-35-22-21-33(23-34(35)40(43)44)41(45)39(49-27-32-19-11-4-12-20-32)38(48-26-31-17-9-3-10-18-31)37(47-25-30-15-7-2-8-16-30)36(50-41)28-46-24-29-13-5-1-6-14-29/h1-23,36-39,45H,24-28H2,(H,43,44)/t36-,37-,38+,39-,41?/m1/s1. The number of aliphatic hydroxyl groups is 1. The van der Waals surface area contributed by atoms with Crippen molar-refractivity contribution in [3.63, 3.8) is 0 Å². The van der Waals surface area contributed by atoms with Crippen LogP contribution < -0.4 is 0 Å². The summed E-state index contributed by atoms with van der Waals surface area (Å²) >= 11 is 6.28. The zero-order chi connectivity index (χ0) is 34.8. The molecule has 1 unspecified atom stereocenters. The van der Waals surface area contributed by atoms with Crippen LogP contribution in [0.3, 0.4) is 0 Å². The van der Waals surface area contributed by atoms with Gasteiger partial charge in [0.2, 0.25) is 5.79 Å². The Morgan fingerprint density at radius 1 is 0.640 bits per heavy atom. The summed E-state index contributed by atoms with van der Waals surface area (Å²) in [6.07, 6.45) is -3.79. The Morgan fingerprint density at radius 2 is 1.10 bits per heavy atom. The van der Waals surface area contributed by atoms with E-state index in [0.717, 1.165) is 22.3 Å². The molecule has 0 aromatic heterocycles. The minimum Gasteiger partial charge on any atom is -0.478 e. The van der Waals surface area contributed by atoms with Gasteiger partial charge >= 0.3 is 5.97 Å². The number of halogens is 1. The maximum Gasteiger partial charge on any atom is 0.337 e. The number of aromatic carboxylic acids is 1. The third-order valence-electron chi connectivity index (χ3n) is 8.55. The van der Waals surface area contributed by atoms with Gasteiger partial charge in [0, 0.05) is 5.56 Å². The number of hydrogen-bond donors (Lipinski definition) is 2. The predicted molar refractivity (Wildman–Crippen MR) is 188 cm³/mol. The molecule has 5 atom stereocenters. The summed E-state index contributed by atoms with van der Waals surface area (Å²) in [4.78, 5) is 12.2. The summed E-state index contributed by atoms with van der Waals surface area (Å²) < 4.78 is 32.7. The number of carbonyl (C=O) groups is 1. The highest BCUT2D eigenvalue weighted by Crippen LogP contribution is 2.42. The highest BCUT2D eigenvalue weighted by atomic mass is 35.5. The highest BCUT2D eigenvalue weighted by molar-refractivity contribution is 6.33. The van der Waals surface area contributed by atoms with Crippen molar-refractivity contribution in [3.8, 4) is 0 Å². The summed E-state index contributed by atoms with van der Waals surface area (Å²) in [6.45, 7) is 0.812. The normalized spacial score (nSPS) is 21.9. The average Bonchev–Trinajstić information content (AvgIpc) is 3.15. The largest absolute Gasteiger partial charge is 0.478 e. The van der Waals surface area contributed by atoms with Gasteiger partial charge in [0.1, 0.15) is 24.4 Å². The Morgan fingerprint density at radius 3 is 1.60 bits per heavy atom. The number of carboxylic acid groups (broad SMARTS) is 1. The molecule has 5 aromatic rings. The minimum atomic E-state index is -2.21. The van der Waals surface area contributed by atoms with Crippen LogP contribution >= 0.6 is 11.6 Å². The molecule has 6 rings (SSSR count). The van der Waals surface area contributed by atoms with E-state index in [0.29, 0.717) is 0 Å². The van der Waals surface area contributed by atoms with Crippen molar-refractivity contribution in [1.82, 2.24) is 0 Å². The van der Waals surface area contributed by atoms with Crippen molar-refractivity contribution in [2.75, 3.05) is 6.61 Å². The van der Waals surface area contributed by atoms with Gasteiger partial charge in [0.15, 0.2) is 0 Å². The summed E-state index contributed by atoms with van der Waals surface area (Å²) in [6, 6.07) is 42.9. The second-order valence-corrected chi connectivity index (χ2v) is 12.5. The Hall–Kier alpha value is -4.38. The number of ether oxygens (including phenoxy) is 5. The van der Waals surface area contributed by atoms with E-state index in [1.54, 1.807) is 0 Å². The van der Waals surface area contributed by atoms with Gasteiger partial charge in [-0.3, -0.25) is 0 Å². The van der Waals surface area contributed by atoms with Crippen LogP contribution in [0.5, 0.6) is 0 Å². The summed E-state index contributed by atoms with van der Waals surface area (Å²) in [7, 11) is 0. The topological polar surface area (TPSA) is 104 Å². The van der Waals surface area contributed by atoms with Gasteiger partial charge in [0.25, 0.3) is 0 Å². The van der Waals surface area contributed by atoms with Crippen molar-refractivity contribution in [1.29, 1.82) is 0 Å². The Balaban J connectivity index is 1.41. The van der Waals surface area contributed by atoms with Gasteiger partial charge in [0.05, 0.1) is 43.6 Å². The lowest BCUT2D eigenvalue weighted by Gasteiger charge is -2.50. The van der Waals surface area contributed by atoms with Crippen LogP contribution in [0.4, 0.5) is 0 Å². The zero-order valence-corrected chi connectivity index (χ0v) is 28.1. The maximum absolute atomic E-state index is 12.8. The Kier molecular flexibility index (Phi) is 12.1. The van der Waals surface area contributed by atoms with Gasteiger partial charge in [-0.25, -0.2) is 4.79 Å². The first kappa shape index (κ1) is 35.4. The molecule has 0 saturated carbocycles. The zero-order valence-electron chi connectivity index (χ0n) is 27.3. The number of carboxylic acids is 1. The van der Waals surface area contributed by atoms with Crippen LogP contribution in [0, 0.1) is 0 Å². The van der Waals surface area contributed by atoms with Gasteiger partial charge < -0.3 is 33.9 Å². The van der Waals surface area contributed by atoms with Crippen LogP contribution in [0.15, 0.2) is 140 Å². The molecule has 0 spiro atoms. The van der Waals surface area contributed by atoms with Crippen LogP contribution in [0.2, 0.25) is 5.02 Å². The molecule has 1 heterocycles. The first-order valence-corrected chi connectivity index (χ1v) is 16.8. The van der Waals surface area contributed by atoms with Crippen LogP contribution in [0.25, 0.3) is 0 Å². The summed E-state index contributed by atoms with van der Waals surface area (Å²) in [5.41, 5.74) is 3.61. The van der Waals surface area contributed by atoms with Gasteiger partial charge in [-0.2, -0.15) is 0 Å². The molecule has 258 valence electrons. The molecule has 9 heteroatoms. The van der Waals surface area contributed by atoms with E-state index in [1.807, 2.05) is 121 Å². The molecule has 1 aliphatic heterocycles. The Bertz CT molecular complexity index is 1790. The molecule has 50 heavy (non-hydrogen) atoms. The Labute approximate surface area is 296 Å². The fourth-order valence-electron chi connectivity index (χ4n) is 6.00. The van der Waals surface area contributed by atoms with Gasteiger partial charge in [-0.05, 0) is 34.4 Å². The second kappa shape index (κ2) is 17.0. The lowest BCUT2D eigenvalue weighted by atomic mass is 9.86. The lowest BCUT2D eigenvalue weighted by Crippen LogP contribution is -2.65. The van der Waals surface area contributed by atoms with E-state index in [-0.39, 0.29) is 49.2 Å².